The zero-order valence-corrected chi connectivity index (χ0v) is 17.0. The van der Waals surface area contributed by atoms with Crippen LogP contribution in [0.25, 0.3) is 0 Å². The van der Waals surface area contributed by atoms with Crippen molar-refractivity contribution in [3.63, 3.8) is 0 Å². The highest BCUT2D eigenvalue weighted by Gasteiger charge is 2.28. The van der Waals surface area contributed by atoms with Gasteiger partial charge in [0.05, 0.1) is 6.61 Å². The summed E-state index contributed by atoms with van der Waals surface area (Å²) < 4.78 is 5.87. The van der Waals surface area contributed by atoms with E-state index in [1.54, 1.807) is 0 Å². The van der Waals surface area contributed by atoms with Crippen molar-refractivity contribution in [1.82, 2.24) is 4.98 Å². The van der Waals surface area contributed by atoms with Gasteiger partial charge in [-0.2, -0.15) is 0 Å². The molecule has 26 heavy (non-hydrogen) atoms. The second-order valence-corrected chi connectivity index (χ2v) is 9.21. The fraction of sp³-hybridized carbons (Fsp3) is 0.542. The van der Waals surface area contributed by atoms with Crippen molar-refractivity contribution < 1.29 is 4.74 Å². The molecule has 3 rings (SSSR count). The SMILES string of the molecule is Cc1cccc(C(C)(C)CCC(C)(C)c2ccc(OCC3CC3)cc2)n1. The van der Waals surface area contributed by atoms with E-state index in [4.69, 9.17) is 9.72 Å². The molecule has 2 aromatic rings. The number of nitrogens with zero attached hydrogens (tertiary/aromatic N) is 1. The van der Waals surface area contributed by atoms with E-state index in [1.807, 2.05) is 0 Å². The molecule has 0 N–H and O–H groups in total. The topological polar surface area (TPSA) is 22.1 Å². The highest BCUT2D eigenvalue weighted by Crippen LogP contribution is 2.36. The van der Waals surface area contributed by atoms with E-state index in [1.165, 1.54) is 24.1 Å². The number of hydrogen-bond acceptors (Lipinski definition) is 2. The molecule has 0 atom stereocenters. The second-order valence-electron chi connectivity index (χ2n) is 9.21. The molecular formula is C24H33NO. The third kappa shape index (κ3) is 4.87. The maximum atomic E-state index is 5.87. The van der Waals surface area contributed by atoms with E-state index in [9.17, 15) is 0 Å². The van der Waals surface area contributed by atoms with Gasteiger partial charge in [0.1, 0.15) is 5.75 Å². The Labute approximate surface area is 159 Å². The predicted molar refractivity (Wildman–Crippen MR) is 109 cm³/mol. The van der Waals surface area contributed by atoms with Crippen LogP contribution < -0.4 is 4.74 Å². The molecule has 0 aliphatic heterocycles. The molecule has 1 saturated carbocycles. The lowest BCUT2D eigenvalue weighted by atomic mass is 9.74. The molecular weight excluding hydrogens is 318 g/mol. The van der Waals surface area contributed by atoms with Gasteiger partial charge in [-0.25, -0.2) is 0 Å². The van der Waals surface area contributed by atoms with Gasteiger partial charge in [0.15, 0.2) is 0 Å². The Morgan fingerprint density at radius 1 is 0.923 bits per heavy atom. The van der Waals surface area contributed by atoms with E-state index in [0.29, 0.717) is 0 Å². The summed E-state index contributed by atoms with van der Waals surface area (Å²) in [5.74, 6) is 1.80. The molecule has 0 spiro atoms. The summed E-state index contributed by atoms with van der Waals surface area (Å²) in [4.78, 5) is 4.75. The first-order chi connectivity index (χ1) is 12.3. The van der Waals surface area contributed by atoms with Crippen LogP contribution in [0.1, 0.15) is 70.3 Å². The van der Waals surface area contributed by atoms with E-state index in [2.05, 4.69) is 77.1 Å². The van der Waals surface area contributed by atoms with Crippen molar-refractivity contribution in [3.8, 4) is 5.75 Å². The Kier molecular flexibility index (Phi) is 5.41. The van der Waals surface area contributed by atoms with Gasteiger partial charge in [-0.05, 0) is 73.8 Å². The molecule has 1 aliphatic rings. The highest BCUT2D eigenvalue weighted by atomic mass is 16.5. The van der Waals surface area contributed by atoms with Crippen LogP contribution in [-0.4, -0.2) is 11.6 Å². The second kappa shape index (κ2) is 7.42. The monoisotopic (exact) mass is 351 g/mol. The van der Waals surface area contributed by atoms with Crippen LogP contribution in [0, 0.1) is 12.8 Å². The van der Waals surface area contributed by atoms with Crippen LogP contribution in [0.4, 0.5) is 0 Å². The third-order valence-electron chi connectivity index (χ3n) is 5.78. The molecule has 0 amide bonds. The lowest BCUT2D eigenvalue weighted by Gasteiger charge is -2.31. The Morgan fingerprint density at radius 3 is 2.19 bits per heavy atom. The summed E-state index contributed by atoms with van der Waals surface area (Å²) in [7, 11) is 0. The summed E-state index contributed by atoms with van der Waals surface area (Å²) in [6.07, 6.45) is 4.89. The average molecular weight is 352 g/mol. The quantitative estimate of drug-likeness (QED) is 0.563. The van der Waals surface area contributed by atoms with Crippen LogP contribution in [0.2, 0.25) is 0 Å². The molecule has 0 unspecified atom stereocenters. The zero-order valence-electron chi connectivity index (χ0n) is 17.0. The van der Waals surface area contributed by atoms with Crippen molar-refractivity contribution in [3.05, 3.63) is 59.4 Å². The number of aromatic nitrogens is 1. The fourth-order valence-corrected chi connectivity index (χ4v) is 3.32. The molecule has 1 heterocycles. The van der Waals surface area contributed by atoms with Crippen molar-refractivity contribution in [2.45, 2.75) is 71.1 Å². The van der Waals surface area contributed by atoms with Gasteiger partial charge < -0.3 is 4.74 Å². The van der Waals surface area contributed by atoms with Gasteiger partial charge in [-0.1, -0.05) is 45.9 Å². The minimum Gasteiger partial charge on any atom is -0.493 e. The van der Waals surface area contributed by atoms with Crippen molar-refractivity contribution >= 4 is 0 Å². The summed E-state index contributed by atoms with van der Waals surface area (Å²) in [5.41, 5.74) is 3.88. The smallest absolute Gasteiger partial charge is 0.119 e. The summed E-state index contributed by atoms with van der Waals surface area (Å²) in [6.45, 7) is 12.2. The number of pyridine rings is 1. The van der Waals surface area contributed by atoms with Gasteiger partial charge in [-0.15, -0.1) is 0 Å². The van der Waals surface area contributed by atoms with Crippen molar-refractivity contribution in [2.75, 3.05) is 6.61 Å². The summed E-state index contributed by atoms with van der Waals surface area (Å²) >= 11 is 0. The number of hydrogen-bond donors (Lipinski definition) is 0. The molecule has 2 nitrogen and oxygen atoms in total. The van der Waals surface area contributed by atoms with Crippen LogP contribution in [0.5, 0.6) is 5.75 Å². The molecule has 0 radical (unpaired) electrons. The molecule has 1 aromatic heterocycles. The Morgan fingerprint density at radius 2 is 1.58 bits per heavy atom. The molecule has 0 bridgehead atoms. The Balaban J connectivity index is 1.62. The summed E-state index contributed by atoms with van der Waals surface area (Å²) in [5, 5.41) is 0. The van der Waals surface area contributed by atoms with Crippen LogP contribution in [-0.2, 0) is 10.8 Å². The molecule has 2 heteroatoms. The first-order valence-corrected chi connectivity index (χ1v) is 9.94. The van der Waals surface area contributed by atoms with Crippen LogP contribution >= 0.6 is 0 Å². The fourth-order valence-electron chi connectivity index (χ4n) is 3.32. The van der Waals surface area contributed by atoms with Crippen LogP contribution in [0.15, 0.2) is 42.5 Å². The van der Waals surface area contributed by atoms with E-state index >= 15 is 0 Å². The normalized spacial score (nSPS) is 15.1. The highest BCUT2D eigenvalue weighted by molar-refractivity contribution is 5.32. The standard InChI is InChI=1S/C24H33NO/c1-18-7-6-8-22(25-18)24(4,5)16-15-23(2,3)20-11-13-21(14-12-20)26-17-19-9-10-19/h6-8,11-14,19H,9-10,15-17H2,1-5H3. The Bertz CT molecular complexity index is 726. The van der Waals surface area contributed by atoms with E-state index in [0.717, 1.165) is 36.8 Å². The van der Waals surface area contributed by atoms with E-state index in [-0.39, 0.29) is 10.8 Å². The van der Waals surface area contributed by atoms with E-state index < -0.39 is 0 Å². The largest absolute Gasteiger partial charge is 0.493 e. The zero-order chi connectivity index (χ0) is 18.8. The summed E-state index contributed by atoms with van der Waals surface area (Å²) in [6, 6.07) is 15.1. The predicted octanol–water partition coefficient (Wildman–Crippen LogP) is 6.21. The van der Waals surface area contributed by atoms with Crippen molar-refractivity contribution in [2.24, 2.45) is 5.92 Å². The minimum atomic E-state index is 0.0800. The first kappa shape index (κ1) is 18.9. The number of ether oxygens (including phenoxy) is 1. The minimum absolute atomic E-state index is 0.0800. The molecule has 140 valence electrons. The van der Waals surface area contributed by atoms with Crippen LogP contribution in [0.3, 0.4) is 0 Å². The third-order valence-corrected chi connectivity index (χ3v) is 5.78. The Hall–Kier alpha value is -1.83. The number of benzene rings is 1. The van der Waals surface area contributed by atoms with Gasteiger partial charge in [0.25, 0.3) is 0 Å². The number of aryl methyl sites for hydroxylation is 1. The molecule has 1 aromatic carbocycles. The molecule has 1 fully saturated rings. The van der Waals surface area contributed by atoms with Crippen molar-refractivity contribution in [1.29, 1.82) is 0 Å². The molecule has 1 aliphatic carbocycles. The first-order valence-electron chi connectivity index (χ1n) is 9.94. The molecule has 0 saturated heterocycles. The van der Waals surface area contributed by atoms with Gasteiger partial charge in [0.2, 0.25) is 0 Å². The maximum absolute atomic E-state index is 5.87. The van der Waals surface area contributed by atoms with Gasteiger partial charge >= 0.3 is 0 Å². The lowest BCUT2D eigenvalue weighted by molar-refractivity contribution is 0.299. The number of rotatable bonds is 8. The maximum Gasteiger partial charge on any atom is 0.119 e. The lowest BCUT2D eigenvalue weighted by Crippen LogP contribution is -2.25. The van der Waals surface area contributed by atoms with Gasteiger partial charge in [-0.3, -0.25) is 4.98 Å². The van der Waals surface area contributed by atoms with Gasteiger partial charge in [0, 0.05) is 16.8 Å². The average Bonchev–Trinajstić information content (AvgIpc) is 3.43.